The van der Waals surface area contributed by atoms with Crippen LogP contribution in [0.2, 0.25) is 10.0 Å². The first-order chi connectivity index (χ1) is 15.3. The predicted octanol–water partition coefficient (Wildman–Crippen LogP) is 5.37. The smallest absolute Gasteiger partial charge is 0.218 e. The van der Waals surface area contributed by atoms with E-state index in [4.69, 9.17) is 32.7 Å². The Balaban J connectivity index is 1.81. The normalized spacial score (nSPS) is 23.8. The van der Waals surface area contributed by atoms with Crippen LogP contribution in [0.4, 0.5) is 0 Å². The highest BCUT2D eigenvalue weighted by molar-refractivity contribution is 7.88. The molecular weight excluding hydrogens is 469 g/mol. The second-order valence-corrected chi connectivity index (χ2v) is 10.8. The molecule has 5 nitrogen and oxygen atoms in total. The molecular formula is C24H25Cl2NO4S. The lowest BCUT2D eigenvalue weighted by Gasteiger charge is -2.45. The first-order valence-electron chi connectivity index (χ1n) is 10.3. The van der Waals surface area contributed by atoms with Crippen molar-refractivity contribution in [3.8, 4) is 0 Å². The summed E-state index contributed by atoms with van der Waals surface area (Å²) in [5.41, 5.74) is 2.57. The number of hydrogen-bond acceptors (Lipinski definition) is 4. The molecule has 3 unspecified atom stereocenters. The minimum absolute atomic E-state index is 0.0821. The lowest BCUT2D eigenvalue weighted by Crippen LogP contribution is -2.48. The summed E-state index contributed by atoms with van der Waals surface area (Å²) in [6.45, 7) is 0.347. The molecule has 1 aliphatic heterocycles. The van der Waals surface area contributed by atoms with Gasteiger partial charge in [-0.3, -0.25) is 0 Å². The van der Waals surface area contributed by atoms with Gasteiger partial charge in [-0.05, 0) is 47.9 Å². The van der Waals surface area contributed by atoms with Crippen molar-refractivity contribution in [3.05, 3.63) is 93.2 Å². The van der Waals surface area contributed by atoms with E-state index in [1.807, 2.05) is 42.5 Å². The third-order valence-corrected chi connectivity index (χ3v) is 8.25. The molecule has 2 aliphatic rings. The fourth-order valence-electron chi connectivity index (χ4n) is 4.62. The van der Waals surface area contributed by atoms with Gasteiger partial charge in [-0.1, -0.05) is 59.1 Å². The number of nitrogens with zero attached hydrogens (tertiary/aromatic N) is 1. The number of ether oxygens (including phenoxy) is 2. The summed E-state index contributed by atoms with van der Waals surface area (Å²) < 4.78 is 40.2. The molecule has 170 valence electrons. The second-order valence-electron chi connectivity index (χ2n) is 7.97. The summed E-state index contributed by atoms with van der Waals surface area (Å²) in [7, 11) is -0.412. The Kier molecular flexibility index (Phi) is 6.98. The number of piperidine rings is 1. The van der Waals surface area contributed by atoms with Crippen LogP contribution in [0.25, 0.3) is 0 Å². The summed E-state index contributed by atoms with van der Waals surface area (Å²) >= 11 is 12.6. The monoisotopic (exact) mass is 493 g/mol. The molecule has 1 fully saturated rings. The molecule has 0 amide bonds. The second kappa shape index (κ2) is 9.57. The Bertz CT molecular complexity index is 1130. The van der Waals surface area contributed by atoms with Crippen molar-refractivity contribution in [2.75, 3.05) is 20.8 Å². The van der Waals surface area contributed by atoms with Gasteiger partial charge in [0, 0.05) is 29.6 Å². The summed E-state index contributed by atoms with van der Waals surface area (Å²) in [5.74, 6) is 0.403. The Morgan fingerprint density at radius 3 is 2.38 bits per heavy atom. The molecule has 1 aliphatic carbocycles. The number of sulfonamides is 1. The van der Waals surface area contributed by atoms with Gasteiger partial charge in [0.2, 0.25) is 10.0 Å². The molecule has 1 saturated heterocycles. The zero-order chi connectivity index (χ0) is 22.9. The van der Waals surface area contributed by atoms with Crippen LogP contribution in [0, 0.1) is 5.92 Å². The van der Waals surface area contributed by atoms with Crippen molar-refractivity contribution in [1.82, 2.24) is 4.31 Å². The molecule has 4 rings (SSSR count). The van der Waals surface area contributed by atoms with Crippen LogP contribution in [0.1, 0.15) is 23.6 Å². The largest absolute Gasteiger partial charge is 0.497 e. The van der Waals surface area contributed by atoms with Crippen molar-refractivity contribution in [2.45, 2.75) is 24.3 Å². The highest BCUT2D eigenvalue weighted by Crippen LogP contribution is 2.47. The van der Waals surface area contributed by atoms with Crippen molar-refractivity contribution in [3.63, 3.8) is 0 Å². The van der Waals surface area contributed by atoms with Crippen molar-refractivity contribution < 1.29 is 17.9 Å². The first-order valence-corrected chi connectivity index (χ1v) is 12.7. The van der Waals surface area contributed by atoms with Gasteiger partial charge in [-0.2, -0.15) is 4.31 Å². The van der Waals surface area contributed by atoms with Crippen LogP contribution in [0.3, 0.4) is 0 Å². The van der Waals surface area contributed by atoms with Gasteiger partial charge in [-0.15, -0.1) is 0 Å². The van der Waals surface area contributed by atoms with Crippen molar-refractivity contribution >= 4 is 33.2 Å². The molecule has 0 N–H and O–H groups in total. The number of allylic oxidation sites excluding steroid dienone is 1. The maximum atomic E-state index is 13.7. The fourth-order valence-corrected chi connectivity index (χ4v) is 6.91. The molecule has 0 spiro atoms. The van der Waals surface area contributed by atoms with E-state index in [1.165, 1.54) is 0 Å². The number of halogens is 2. The van der Waals surface area contributed by atoms with Gasteiger partial charge in [0.15, 0.2) is 0 Å². The maximum absolute atomic E-state index is 13.7. The Labute approximate surface area is 199 Å². The molecule has 0 radical (unpaired) electrons. The van der Waals surface area contributed by atoms with Crippen LogP contribution >= 0.6 is 23.2 Å². The molecule has 0 aromatic heterocycles. The van der Waals surface area contributed by atoms with Gasteiger partial charge in [0.05, 0.1) is 25.0 Å². The van der Waals surface area contributed by atoms with E-state index >= 15 is 0 Å². The average molecular weight is 494 g/mol. The lowest BCUT2D eigenvalue weighted by molar-refractivity contribution is 0.0519. The number of rotatable bonds is 6. The number of hydrogen-bond donors (Lipinski definition) is 0. The molecule has 8 heteroatoms. The summed E-state index contributed by atoms with van der Waals surface area (Å²) in [4.78, 5) is 0. The number of benzene rings is 2. The van der Waals surface area contributed by atoms with Gasteiger partial charge in [0.25, 0.3) is 0 Å². The minimum atomic E-state index is -3.65. The van der Waals surface area contributed by atoms with Crippen LogP contribution < -0.4 is 0 Å². The van der Waals surface area contributed by atoms with E-state index in [0.717, 1.165) is 16.7 Å². The fraction of sp³-hybridized carbons (Fsp3) is 0.333. The van der Waals surface area contributed by atoms with Crippen molar-refractivity contribution in [1.29, 1.82) is 0 Å². The summed E-state index contributed by atoms with van der Waals surface area (Å²) in [6.07, 6.45) is 4.10. The highest BCUT2D eigenvalue weighted by atomic mass is 35.5. The van der Waals surface area contributed by atoms with Crippen LogP contribution in [-0.2, 0) is 25.2 Å². The molecule has 3 atom stereocenters. The molecule has 2 aromatic carbocycles. The third-order valence-electron chi connectivity index (χ3n) is 5.99. The summed E-state index contributed by atoms with van der Waals surface area (Å²) in [6, 6.07) is 13.9. The topological polar surface area (TPSA) is 55.8 Å². The van der Waals surface area contributed by atoms with Gasteiger partial charge in [0.1, 0.15) is 5.76 Å². The third kappa shape index (κ3) is 4.75. The molecule has 1 heterocycles. The maximum Gasteiger partial charge on any atom is 0.218 e. The minimum Gasteiger partial charge on any atom is -0.497 e. The standard InChI is InChI=1S/C24H25Cl2NO4S/c1-30-21-12-17-8-9-27(32(28,29)15-16-6-4-3-5-7-16)24(23(17)22(14-21)31-2)18-10-19(25)13-20(26)11-18/h3-7,10-14,22-24H,8-9,15H2,1-2H3. The van der Waals surface area contributed by atoms with E-state index in [2.05, 4.69) is 0 Å². The quantitative estimate of drug-likeness (QED) is 0.542. The Morgan fingerprint density at radius 2 is 1.75 bits per heavy atom. The van der Waals surface area contributed by atoms with Crippen molar-refractivity contribution in [2.24, 2.45) is 5.92 Å². The number of fused-ring (bicyclic) bond motifs is 1. The van der Waals surface area contributed by atoms with Crippen LogP contribution in [-0.4, -0.2) is 39.6 Å². The number of methoxy groups -OCH3 is 2. The molecule has 0 saturated carbocycles. The van der Waals surface area contributed by atoms with Gasteiger partial charge < -0.3 is 9.47 Å². The average Bonchev–Trinajstić information content (AvgIpc) is 2.77. The highest BCUT2D eigenvalue weighted by Gasteiger charge is 2.46. The Hall–Kier alpha value is -1.83. The van der Waals surface area contributed by atoms with Crippen LogP contribution in [0.15, 0.2) is 72.0 Å². The lowest BCUT2D eigenvalue weighted by atomic mass is 9.76. The van der Waals surface area contributed by atoms with E-state index in [9.17, 15) is 8.42 Å². The van der Waals surface area contributed by atoms with E-state index in [-0.39, 0.29) is 17.8 Å². The first kappa shape index (κ1) is 23.3. The predicted molar refractivity (Wildman–Crippen MR) is 127 cm³/mol. The molecule has 32 heavy (non-hydrogen) atoms. The van der Waals surface area contributed by atoms with E-state index in [1.54, 1.807) is 36.7 Å². The Morgan fingerprint density at radius 1 is 1.06 bits per heavy atom. The zero-order valence-corrected chi connectivity index (χ0v) is 20.2. The SMILES string of the molecule is COC1=CC(OC)C2C(=C1)CCN(S(=O)(=O)Cc1ccccc1)C2c1cc(Cl)cc(Cl)c1. The molecule has 0 bridgehead atoms. The van der Waals surface area contributed by atoms with Crippen LogP contribution in [0.5, 0.6) is 0 Å². The van der Waals surface area contributed by atoms with Gasteiger partial charge >= 0.3 is 0 Å². The molecule has 2 aromatic rings. The summed E-state index contributed by atoms with van der Waals surface area (Å²) in [5, 5.41) is 0.920. The van der Waals surface area contributed by atoms with E-state index < -0.39 is 16.1 Å². The van der Waals surface area contributed by atoms with Gasteiger partial charge in [-0.25, -0.2) is 8.42 Å². The zero-order valence-electron chi connectivity index (χ0n) is 17.9. The van der Waals surface area contributed by atoms with E-state index in [0.29, 0.717) is 28.8 Å².